The van der Waals surface area contributed by atoms with Crippen LogP contribution < -0.4 is 0 Å². The number of halogens is 2. The first kappa shape index (κ1) is 14.5. The zero-order chi connectivity index (χ0) is 13.0. The maximum Gasteiger partial charge on any atom is 0.253 e. The quantitative estimate of drug-likeness (QED) is 0.814. The van der Waals surface area contributed by atoms with Crippen LogP contribution in [0.4, 0.5) is 0 Å². The van der Waals surface area contributed by atoms with Gasteiger partial charge in [-0.05, 0) is 40.0 Å². The van der Waals surface area contributed by atoms with E-state index in [9.17, 15) is 4.79 Å². The van der Waals surface area contributed by atoms with Crippen LogP contribution in [0.15, 0.2) is 22.7 Å². The summed E-state index contributed by atoms with van der Waals surface area (Å²) in [6, 6.07) is 5.28. The highest BCUT2D eigenvalue weighted by Gasteiger charge is 2.14. The third kappa shape index (κ3) is 4.00. The SMILES string of the molecule is CCC(C)CN(C)C(=O)c1ccc(Br)c(Cl)c1. The standard InChI is InChI=1S/C13H17BrClNO/c1-4-9(2)8-16(3)13(17)10-5-6-11(14)12(15)7-10/h5-7,9H,4,8H2,1-3H3. The molecule has 1 amide bonds. The van der Waals surface area contributed by atoms with Gasteiger partial charge >= 0.3 is 0 Å². The van der Waals surface area contributed by atoms with E-state index in [1.165, 1.54) is 0 Å². The molecule has 0 bridgehead atoms. The zero-order valence-corrected chi connectivity index (χ0v) is 12.7. The molecule has 0 saturated carbocycles. The summed E-state index contributed by atoms with van der Waals surface area (Å²) in [7, 11) is 1.82. The molecule has 2 nitrogen and oxygen atoms in total. The van der Waals surface area contributed by atoms with Crippen LogP contribution in [0.1, 0.15) is 30.6 Å². The first-order chi connectivity index (χ1) is 7.95. The molecule has 1 unspecified atom stereocenters. The number of carbonyl (C=O) groups is 1. The largest absolute Gasteiger partial charge is 0.341 e. The maximum atomic E-state index is 12.1. The molecule has 1 rings (SSSR count). The predicted molar refractivity (Wildman–Crippen MR) is 75.6 cm³/mol. The molecule has 94 valence electrons. The van der Waals surface area contributed by atoms with E-state index < -0.39 is 0 Å². The summed E-state index contributed by atoms with van der Waals surface area (Å²) in [6.45, 7) is 5.03. The Hall–Kier alpha value is -0.540. The van der Waals surface area contributed by atoms with Gasteiger partial charge in [0.15, 0.2) is 0 Å². The second-order valence-corrected chi connectivity index (χ2v) is 5.59. The van der Waals surface area contributed by atoms with Crippen molar-refractivity contribution in [2.75, 3.05) is 13.6 Å². The van der Waals surface area contributed by atoms with Gasteiger partial charge in [0.2, 0.25) is 0 Å². The van der Waals surface area contributed by atoms with Crippen molar-refractivity contribution in [3.63, 3.8) is 0 Å². The lowest BCUT2D eigenvalue weighted by Crippen LogP contribution is -2.30. The molecule has 1 aromatic carbocycles. The van der Waals surface area contributed by atoms with Gasteiger partial charge in [-0.1, -0.05) is 31.9 Å². The Morgan fingerprint density at radius 1 is 1.53 bits per heavy atom. The van der Waals surface area contributed by atoms with Crippen molar-refractivity contribution in [1.29, 1.82) is 0 Å². The molecule has 0 aliphatic heterocycles. The highest BCUT2D eigenvalue weighted by atomic mass is 79.9. The van der Waals surface area contributed by atoms with Crippen LogP contribution in [-0.4, -0.2) is 24.4 Å². The van der Waals surface area contributed by atoms with E-state index in [-0.39, 0.29) is 5.91 Å². The number of rotatable bonds is 4. The van der Waals surface area contributed by atoms with Crippen molar-refractivity contribution >= 4 is 33.4 Å². The number of nitrogens with zero attached hydrogens (tertiary/aromatic N) is 1. The summed E-state index contributed by atoms with van der Waals surface area (Å²) in [5.74, 6) is 0.523. The van der Waals surface area contributed by atoms with Crippen molar-refractivity contribution in [3.05, 3.63) is 33.3 Å². The van der Waals surface area contributed by atoms with Crippen molar-refractivity contribution in [3.8, 4) is 0 Å². The molecule has 0 aromatic heterocycles. The van der Waals surface area contributed by atoms with E-state index in [4.69, 9.17) is 11.6 Å². The maximum absolute atomic E-state index is 12.1. The van der Waals surface area contributed by atoms with Gasteiger partial charge < -0.3 is 4.90 Å². The number of hydrogen-bond donors (Lipinski definition) is 0. The predicted octanol–water partition coefficient (Wildman–Crippen LogP) is 4.22. The zero-order valence-electron chi connectivity index (χ0n) is 10.3. The highest BCUT2D eigenvalue weighted by molar-refractivity contribution is 9.10. The molecule has 0 N–H and O–H groups in total. The average Bonchev–Trinajstić information content (AvgIpc) is 2.31. The molecule has 0 fully saturated rings. The second-order valence-electron chi connectivity index (χ2n) is 4.33. The molecule has 0 aliphatic carbocycles. The Labute approximate surface area is 116 Å². The summed E-state index contributed by atoms with van der Waals surface area (Å²) in [4.78, 5) is 13.9. The van der Waals surface area contributed by atoms with E-state index in [1.807, 2.05) is 7.05 Å². The van der Waals surface area contributed by atoms with Gasteiger partial charge in [-0.25, -0.2) is 0 Å². The molecule has 0 spiro atoms. The van der Waals surface area contributed by atoms with Crippen molar-refractivity contribution in [2.24, 2.45) is 5.92 Å². The second kappa shape index (κ2) is 6.41. The molecule has 0 heterocycles. The molecule has 0 aliphatic rings. The van der Waals surface area contributed by atoms with Gasteiger partial charge in [-0.15, -0.1) is 0 Å². The number of carbonyl (C=O) groups excluding carboxylic acids is 1. The van der Waals surface area contributed by atoms with Crippen LogP contribution in [-0.2, 0) is 0 Å². The third-order valence-electron chi connectivity index (χ3n) is 2.80. The normalized spacial score (nSPS) is 12.3. The minimum Gasteiger partial charge on any atom is -0.341 e. The average molecular weight is 319 g/mol. The molecule has 0 radical (unpaired) electrons. The van der Waals surface area contributed by atoms with Crippen LogP contribution in [0.25, 0.3) is 0 Å². The molecule has 0 saturated heterocycles. The Balaban J connectivity index is 2.78. The van der Waals surface area contributed by atoms with Crippen molar-refractivity contribution in [2.45, 2.75) is 20.3 Å². The van der Waals surface area contributed by atoms with E-state index in [2.05, 4.69) is 29.8 Å². The number of amides is 1. The van der Waals surface area contributed by atoms with Gasteiger partial charge in [0, 0.05) is 23.6 Å². The van der Waals surface area contributed by atoms with Crippen LogP contribution in [0.2, 0.25) is 5.02 Å². The van der Waals surface area contributed by atoms with Gasteiger partial charge in [-0.3, -0.25) is 4.79 Å². The Morgan fingerprint density at radius 2 is 2.18 bits per heavy atom. The number of benzene rings is 1. The summed E-state index contributed by atoms with van der Waals surface area (Å²) in [5, 5.41) is 0.563. The molecule has 1 atom stereocenters. The van der Waals surface area contributed by atoms with E-state index in [0.29, 0.717) is 16.5 Å². The smallest absolute Gasteiger partial charge is 0.253 e. The van der Waals surface area contributed by atoms with E-state index in [1.54, 1.807) is 23.1 Å². The fourth-order valence-electron chi connectivity index (χ4n) is 1.53. The summed E-state index contributed by atoms with van der Waals surface area (Å²) in [6.07, 6.45) is 1.07. The minimum absolute atomic E-state index is 0.0136. The first-order valence-electron chi connectivity index (χ1n) is 5.66. The lowest BCUT2D eigenvalue weighted by atomic mass is 10.1. The molecular weight excluding hydrogens is 302 g/mol. The van der Waals surface area contributed by atoms with Crippen LogP contribution >= 0.6 is 27.5 Å². The monoisotopic (exact) mass is 317 g/mol. The van der Waals surface area contributed by atoms with Gasteiger partial charge in [0.1, 0.15) is 0 Å². The van der Waals surface area contributed by atoms with E-state index >= 15 is 0 Å². The third-order valence-corrected chi connectivity index (χ3v) is 4.03. The van der Waals surface area contributed by atoms with Gasteiger partial charge in [0.25, 0.3) is 5.91 Å². The Kier molecular flexibility index (Phi) is 5.47. The summed E-state index contributed by atoms with van der Waals surface area (Å²) < 4.78 is 0.806. The topological polar surface area (TPSA) is 20.3 Å². The lowest BCUT2D eigenvalue weighted by molar-refractivity contribution is 0.0775. The van der Waals surface area contributed by atoms with Crippen molar-refractivity contribution < 1.29 is 4.79 Å². The highest BCUT2D eigenvalue weighted by Crippen LogP contribution is 2.23. The molecule has 17 heavy (non-hydrogen) atoms. The fraction of sp³-hybridized carbons (Fsp3) is 0.462. The first-order valence-corrected chi connectivity index (χ1v) is 6.83. The summed E-state index contributed by atoms with van der Waals surface area (Å²) in [5.41, 5.74) is 0.629. The summed E-state index contributed by atoms with van der Waals surface area (Å²) >= 11 is 9.29. The van der Waals surface area contributed by atoms with Crippen molar-refractivity contribution in [1.82, 2.24) is 4.90 Å². The van der Waals surface area contributed by atoms with E-state index in [0.717, 1.165) is 17.4 Å². The van der Waals surface area contributed by atoms with Crippen LogP contribution in [0, 0.1) is 5.92 Å². The Bertz CT molecular complexity index is 408. The number of hydrogen-bond acceptors (Lipinski definition) is 1. The van der Waals surface area contributed by atoms with Crippen LogP contribution in [0.3, 0.4) is 0 Å². The van der Waals surface area contributed by atoms with Crippen LogP contribution in [0.5, 0.6) is 0 Å². The fourth-order valence-corrected chi connectivity index (χ4v) is 1.96. The minimum atomic E-state index is 0.0136. The van der Waals surface area contributed by atoms with Gasteiger partial charge in [-0.2, -0.15) is 0 Å². The molecule has 1 aromatic rings. The Morgan fingerprint density at radius 3 is 2.71 bits per heavy atom. The lowest BCUT2D eigenvalue weighted by Gasteiger charge is -2.21. The molecular formula is C13H17BrClNO. The van der Waals surface area contributed by atoms with Gasteiger partial charge in [0.05, 0.1) is 5.02 Å². The molecule has 4 heteroatoms.